The maximum Gasteiger partial charge on any atom is 0.119 e. The Hall–Kier alpha value is -1.48. The van der Waals surface area contributed by atoms with Crippen LogP contribution in [0.1, 0.15) is 27.2 Å². The van der Waals surface area contributed by atoms with Crippen LogP contribution in [-0.2, 0) is 0 Å². The van der Waals surface area contributed by atoms with Crippen LogP contribution in [0.4, 0.5) is 5.69 Å². The normalized spacial score (nSPS) is 18.0. The Morgan fingerprint density at radius 2 is 1.75 bits per heavy atom. The summed E-state index contributed by atoms with van der Waals surface area (Å²) in [5, 5.41) is 0. The Bertz CT molecular complexity index is 459. The van der Waals surface area contributed by atoms with Gasteiger partial charge >= 0.3 is 0 Å². The van der Waals surface area contributed by atoms with Crippen LogP contribution >= 0.6 is 0 Å². The van der Waals surface area contributed by atoms with Gasteiger partial charge in [0.25, 0.3) is 0 Å². The summed E-state index contributed by atoms with van der Waals surface area (Å²) in [5.74, 6) is 0.894. The summed E-state index contributed by atoms with van der Waals surface area (Å²) in [7, 11) is 1.70. The molecule has 1 fully saturated rings. The molecule has 20 heavy (non-hydrogen) atoms. The zero-order valence-corrected chi connectivity index (χ0v) is 13.1. The van der Waals surface area contributed by atoms with Gasteiger partial charge in [0.2, 0.25) is 0 Å². The molecule has 0 amide bonds. The third-order valence-corrected chi connectivity index (χ3v) is 3.90. The summed E-state index contributed by atoms with van der Waals surface area (Å²) in [6.07, 6.45) is 1.16. The zero-order valence-electron chi connectivity index (χ0n) is 13.1. The molecule has 1 aromatic rings. The van der Waals surface area contributed by atoms with E-state index >= 15 is 0 Å². The number of benzene rings is 1. The van der Waals surface area contributed by atoms with E-state index in [4.69, 9.17) is 4.74 Å². The van der Waals surface area contributed by atoms with Crippen LogP contribution in [0.25, 0.3) is 0 Å². The first-order valence-corrected chi connectivity index (χ1v) is 7.26. The minimum atomic E-state index is 0.193. The molecule has 0 bridgehead atoms. The number of hydrogen-bond acceptors (Lipinski definition) is 3. The maximum atomic E-state index is 5.22. The van der Waals surface area contributed by atoms with Crippen molar-refractivity contribution >= 4 is 5.69 Å². The van der Waals surface area contributed by atoms with Gasteiger partial charge in [-0.2, -0.15) is 0 Å². The van der Waals surface area contributed by atoms with E-state index in [9.17, 15) is 0 Å². The molecular formula is C17H26N2O. The average molecular weight is 274 g/mol. The van der Waals surface area contributed by atoms with E-state index in [1.54, 1.807) is 7.11 Å². The van der Waals surface area contributed by atoms with E-state index < -0.39 is 0 Å². The Morgan fingerprint density at radius 3 is 2.30 bits per heavy atom. The molecule has 1 aliphatic rings. The third-order valence-electron chi connectivity index (χ3n) is 3.90. The quantitative estimate of drug-likeness (QED) is 0.820. The van der Waals surface area contributed by atoms with Gasteiger partial charge in [0.1, 0.15) is 5.75 Å². The second-order valence-corrected chi connectivity index (χ2v) is 6.36. The van der Waals surface area contributed by atoms with Crippen molar-refractivity contribution in [2.75, 3.05) is 31.6 Å². The van der Waals surface area contributed by atoms with Crippen LogP contribution in [0.3, 0.4) is 0 Å². The first-order valence-electron chi connectivity index (χ1n) is 7.26. The molecular weight excluding hydrogens is 248 g/mol. The van der Waals surface area contributed by atoms with Gasteiger partial charge in [0.15, 0.2) is 0 Å². The summed E-state index contributed by atoms with van der Waals surface area (Å²) < 4.78 is 5.22. The topological polar surface area (TPSA) is 15.7 Å². The van der Waals surface area contributed by atoms with E-state index in [0.717, 1.165) is 31.8 Å². The molecule has 3 heteroatoms. The smallest absolute Gasteiger partial charge is 0.119 e. The molecule has 0 N–H and O–H groups in total. The van der Waals surface area contributed by atoms with Crippen LogP contribution in [0.2, 0.25) is 0 Å². The van der Waals surface area contributed by atoms with E-state index in [1.165, 1.54) is 11.4 Å². The van der Waals surface area contributed by atoms with Crippen LogP contribution in [0.5, 0.6) is 5.75 Å². The molecule has 1 aromatic carbocycles. The first kappa shape index (κ1) is 14.9. The fourth-order valence-electron chi connectivity index (χ4n) is 2.61. The van der Waals surface area contributed by atoms with Crippen molar-refractivity contribution < 1.29 is 4.74 Å². The minimum Gasteiger partial charge on any atom is -0.497 e. The van der Waals surface area contributed by atoms with Crippen molar-refractivity contribution in [2.45, 2.75) is 32.7 Å². The lowest BCUT2D eigenvalue weighted by Crippen LogP contribution is -2.42. The molecule has 0 unspecified atom stereocenters. The molecule has 2 rings (SSSR count). The Balaban J connectivity index is 2.14. The molecule has 0 atom stereocenters. The molecule has 0 aliphatic carbocycles. The highest BCUT2D eigenvalue weighted by Crippen LogP contribution is 2.26. The second kappa shape index (κ2) is 5.88. The van der Waals surface area contributed by atoms with Gasteiger partial charge in [-0.05, 0) is 51.5 Å². The SMILES string of the molecule is C=C1CN(C(C)(C)C)CCCN1c1ccc(OC)cc1. The van der Waals surface area contributed by atoms with Crippen molar-refractivity contribution in [2.24, 2.45) is 0 Å². The Kier molecular flexibility index (Phi) is 4.39. The monoisotopic (exact) mass is 274 g/mol. The number of ether oxygens (including phenoxy) is 1. The lowest BCUT2D eigenvalue weighted by atomic mass is 10.1. The summed E-state index contributed by atoms with van der Waals surface area (Å²) in [4.78, 5) is 4.82. The van der Waals surface area contributed by atoms with Crippen molar-refractivity contribution in [3.05, 3.63) is 36.5 Å². The second-order valence-electron chi connectivity index (χ2n) is 6.36. The largest absolute Gasteiger partial charge is 0.497 e. The number of anilines is 1. The molecule has 0 spiro atoms. The van der Waals surface area contributed by atoms with Crippen LogP contribution in [-0.4, -0.2) is 37.2 Å². The van der Waals surface area contributed by atoms with Crippen molar-refractivity contribution in [1.82, 2.24) is 4.90 Å². The van der Waals surface area contributed by atoms with Crippen molar-refractivity contribution in [3.8, 4) is 5.75 Å². The lowest BCUT2D eigenvalue weighted by Gasteiger charge is -2.35. The van der Waals surface area contributed by atoms with E-state index in [-0.39, 0.29) is 5.54 Å². The zero-order chi connectivity index (χ0) is 14.8. The molecule has 110 valence electrons. The summed E-state index contributed by atoms with van der Waals surface area (Å²) in [6.45, 7) is 14.2. The van der Waals surface area contributed by atoms with Crippen LogP contribution in [0.15, 0.2) is 36.5 Å². The summed E-state index contributed by atoms with van der Waals surface area (Å²) in [6, 6.07) is 8.23. The van der Waals surface area contributed by atoms with Crippen molar-refractivity contribution in [3.63, 3.8) is 0 Å². The van der Waals surface area contributed by atoms with Gasteiger partial charge in [-0.3, -0.25) is 4.90 Å². The van der Waals surface area contributed by atoms with Crippen molar-refractivity contribution in [1.29, 1.82) is 0 Å². The fraction of sp³-hybridized carbons (Fsp3) is 0.529. The van der Waals surface area contributed by atoms with Gasteiger partial charge in [-0.15, -0.1) is 0 Å². The molecule has 0 aromatic heterocycles. The van der Waals surface area contributed by atoms with Gasteiger partial charge in [-0.1, -0.05) is 6.58 Å². The Labute approximate surface area is 122 Å². The van der Waals surface area contributed by atoms with Crippen LogP contribution < -0.4 is 9.64 Å². The standard InChI is InChI=1S/C17H26N2O/c1-14-13-18(17(2,3)4)11-6-12-19(14)15-7-9-16(20-5)10-8-15/h7-10H,1,6,11-13H2,2-5H3. The van der Waals surface area contributed by atoms with E-state index in [1.807, 2.05) is 12.1 Å². The number of rotatable bonds is 2. The maximum absolute atomic E-state index is 5.22. The lowest BCUT2D eigenvalue weighted by molar-refractivity contribution is 0.155. The highest BCUT2D eigenvalue weighted by molar-refractivity contribution is 5.54. The number of nitrogens with zero attached hydrogens (tertiary/aromatic N) is 2. The van der Waals surface area contributed by atoms with Gasteiger partial charge in [-0.25, -0.2) is 0 Å². The molecule has 1 aliphatic heterocycles. The predicted octanol–water partition coefficient (Wildman–Crippen LogP) is 3.52. The van der Waals surface area contributed by atoms with Gasteiger partial charge < -0.3 is 9.64 Å². The first-order chi connectivity index (χ1) is 9.41. The molecule has 0 radical (unpaired) electrons. The van der Waals surface area contributed by atoms with Crippen LogP contribution in [0, 0.1) is 0 Å². The van der Waals surface area contributed by atoms with E-state index in [2.05, 4.69) is 49.3 Å². The summed E-state index contributed by atoms with van der Waals surface area (Å²) >= 11 is 0. The molecule has 1 saturated heterocycles. The fourth-order valence-corrected chi connectivity index (χ4v) is 2.61. The molecule has 0 saturated carbocycles. The predicted molar refractivity (Wildman–Crippen MR) is 85.4 cm³/mol. The highest BCUT2D eigenvalue weighted by atomic mass is 16.5. The van der Waals surface area contributed by atoms with Gasteiger partial charge in [0.05, 0.1) is 7.11 Å². The minimum absolute atomic E-state index is 0.193. The average Bonchev–Trinajstić information content (AvgIpc) is 2.60. The number of methoxy groups -OCH3 is 1. The third kappa shape index (κ3) is 3.34. The highest BCUT2D eigenvalue weighted by Gasteiger charge is 2.26. The number of hydrogen-bond donors (Lipinski definition) is 0. The van der Waals surface area contributed by atoms with Gasteiger partial charge in [0, 0.05) is 36.6 Å². The Morgan fingerprint density at radius 1 is 1.10 bits per heavy atom. The molecule has 1 heterocycles. The summed E-state index contributed by atoms with van der Waals surface area (Å²) in [5.41, 5.74) is 2.56. The molecule has 3 nitrogen and oxygen atoms in total. The van der Waals surface area contributed by atoms with E-state index in [0.29, 0.717) is 0 Å².